The lowest BCUT2D eigenvalue weighted by Gasteiger charge is -2.06. The fraction of sp³-hybridized carbons (Fsp3) is 0.222. The lowest BCUT2D eigenvalue weighted by Crippen LogP contribution is -1.94. The van der Waals surface area contributed by atoms with Gasteiger partial charge in [0.05, 0.1) is 15.7 Å². The molecule has 0 saturated heterocycles. The molecule has 0 aromatic heterocycles. The molecule has 0 fully saturated rings. The Labute approximate surface area is 112 Å². The van der Waals surface area contributed by atoms with Gasteiger partial charge in [-0.05, 0) is 34.5 Å². The fourth-order valence-electron chi connectivity index (χ4n) is 0.845. The summed E-state index contributed by atoms with van der Waals surface area (Å²) in [5.74, 6) is 0. The van der Waals surface area contributed by atoms with Crippen LogP contribution in [0.1, 0.15) is 13.3 Å². The van der Waals surface area contributed by atoms with Gasteiger partial charge in [-0.3, -0.25) is 5.43 Å². The van der Waals surface area contributed by atoms with Crippen molar-refractivity contribution in [2.75, 3.05) is 5.43 Å². The summed E-state index contributed by atoms with van der Waals surface area (Å²) in [6, 6.07) is 3.21. The van der Waals surface area contributed by atoms with E-state index >= 15 is 0 Å². The molecule has 1 N–H and O–H groups in total. The van der Waals surface area contributed by atoms with Crippen LogP contribution in [0.2, 0.25) is 15.1 Å². The molecule has 2 nitrogen and oxygen atoms in total. The normalized spacial score (nSPS) is 11.7. The highest BCUT2D eigenvalue weighted by Gasteiger charge is 2.06. The molecule has 6 heteroatoms. The van der Waals surface area contributed by atoms with Gasteiger partial charge >= 0.3 is 0 Å². The van der Waals surface area contributed by atoms with E-state index in [0.717, 1.165) is 11.0 Å². The van der Waals surface area contributed by atoms with Gasteiger partial charge in [-0.15, -0.1) is 0 Å². The quantitative estimate of drug-likeness (QED) is 0.599. The van der Waals surface area contributed by atoms with Crippen molar-refractivity contribution in [1.29, 1.82) is 0 Å². The second kappa shape index (κ2) is 5.94. The lowest BCUT2D eigenvalue weighted by atomic mass is 10.3. The second-order valence-corrected chi connectivity index (χ2v) is 4.86. The van der Waals surface area contributed by atoms with Gasteiger partial charge < -0.3 is 0 Å². The Kier molecular flexibility index (Phi) is 5.19. The molecule has 0 aliphatic heterocycles. The molecule has 0 heterocycles. The Hall–Kier alpha value is 0.0400. The van der Waals surface area contributed by atoms with Crippen LogP contribution in [-0.2, 0) is 0 Å². The van der Waals surface area contributed by atoms with E-state index in [1.165, 1.54) is 0 Å². The summed E-state index contributed by atoms with van der Waals surface area (Å²) in [5.41, 5.74) is 3.33. The number of anilines is 1. The third-order valence-electron chi connectivity index (χ3n) is 1.59. The molecule has 1 aromatic rings. The third-order valence-corrected chi connectivity index (χ3v) is 3.14. The highest BCUT2D eigenvalue weighted by Crippen LogP contribution is 2.33. The first-order chi connectivity index (χ1) is 7.04. The molecule has 0 radical (unpaired) electrons. The molecule has 0 aliphatic rings. The van der Waals surface area contributed by atoms with Gasteiger partial charge in [0.15, 0.2) is 0 Å². The molecule has 0 unspecified atom stereocenters. The van der Waals surface area contributed by atoms with E-state index in [4.69, 9.17) is 34.8 Å². The van der Waals surface area contributed by atoms with Crippen molar-refractivity contribution in [2.24, 2.45) is 5.10 Å². The first-order valence-electron chi connectivity index (χ1n) is 4.17. The molecule has 0 saturated carbocycles. The van der Waals surface area contributed by atoms with Crippen molar-refractivity contribution in [3.8, 4) is 0 Å². The summed E-state index contributed by atoms with van der Waals surface area (Å²) in [5, 5.41) is 5.41. The molecule has 0 amide bonds. The van der Waals surface area contributed by atoms with Crippen molar-refractivity contribution in [3.05, 3.63) is 27.2 Å². The van der Waals surface area contributed by atoms with Crippen LogP contribution in [0, 0.1) is 0 Å². The maximum atomic E-state index is 5.95. The van der Waals surface area contributed by atoms with Crippen LogP contribution in [0.4, 0.5) is 5.69 Å². The summed E-state index contributed by atoms with van der Waals surface area (Å²) in [6.45, 7) is 1.97. The Morgan fingerprint density at radius 1 is 1.33 bits per heavy atom. The second-order valence-electron chi connectivity index (χ2n) is 2.70. The van der Waals surface area contributed by atoms with E-state index in [1.807, 2.05) is 6.92 Å². The van der Waals surface area contributed by atoms with Gasteiger partial charge in [-0.1, -0.05) is 41.7 Å². The first-order valence-corrected chi connectivity index (χ1v) is 6.10. The van der Waals surface area contributed by atoms with Crippen LogP contribution >= 0.6 is 50.7 Å². The van der Waals surface area contributed by atoms with Crippen LogP contribution in [0.25, 0.3) is 0 Å². The summed E-state index contributed by atoms with van der Waals surface area (Å²) < 4.78 is 0.782. The number of hydrogen-bond donors (Lipinski definition) is 1. The minimum atomic E-state index is 0.438. The highest BCUT2D eigenvalue weighted by molar-refractivity contribution is 9.18. The summed E-state index contributed by atoms with van der Waals surface area (Å²) >= 11 is 20.9. The van der Waals surface area contributed by atoms with Crippen molar-refractivity contribution < 1.29 is 0 Å². The predicted octanol–water partition coefficient (Wildman–Crippen LogP) is 5.18. The zero-order chi connectivity index (χ0) is 11.4. The average Bonchev–Trinajstić information content (AvgIpc) is 2.15. The fourth-order valence-corrected chi connectivity index (χ4v) is 1.83. The number of rotatable bonds is 3. The molecule has 1 aromatic carbocycles. The van der Waals surface area contributed by atoms with E-state index in [-0.39, 0.29) is 0 Å². The number of halogens is 4. The van der Waals surface area contributed by atoms with Crippen LogP contribution < -0.4 is 5.43 Å². The van der Waals surface area contributed by atoms with E-state index in [0.29, 0.717) is 20.8 Å². The van der Waals surface area contributed by atoms with E-state index < -0.39 is 0 Å². The highest BCUT2D eigenvalue weighted by atomic mass is 79.9. The van der Waals surface area contributed by atoms with Crippen LogP contribution in [0.3, 0.4) is 0 Å². The largest absolute Gasteiger partial charge is 0.275 e. The van der Waals surface area contributed by atoms with Crippen molar-refractivity contribution in [1.82, 2.24) is 0 Å². The van der Waals surface area contributed by atoms with Gasteiger partial charge in [0.1, 0.15) is 4.62 Å². The van der Waals surface area contributed by atoms with Crippen molar-refractivity contribution >= 4 is 61.0 Å². The minimum Gasteiger partial charge on any atom is -0.275 e. The van der Waals surface area contributed by atoms with Crippen molar-refractivity contribution in [3.63, 3.8) is 0 Å². The maximum absolute atomic E-state index is 5.95. The summed E-state index contributed by atoms with van der Waals surface area (Å²) in [7, 11) is 0. The van der Waals surface area contributed by atoms with Crippen molar-refractivity contribution in [2.45, 2.75) is 13.3 Å². The van der Waals surface area contributed by atoms with Gasteiger partial charge in [-0.25, -0.2) is 0 Å². The number of hydrogen-bond acceptors (Lipinski definition) is 2. The Morgan fingerprint density at radius 2 is 1.87 bits per heavy atom. The minimum absolute atomic E-state index is 0.438. The van der Waals surface area contributed by atoms with Gasteiger partial charge in [-0.2, -0.15) is 5.10 Å². The zero-order valence-electron chi connectivity index (χ0n) is 7.82. The van der Waals surface area contributed by atoms with Crippen LogP contribution in [0.5, 0.6) is 0 Å². The van der Waals surface area contributed by atoms with Gasteiger partial charge in [0.2, 0.25) is 0 Å². The predicted molar refractivity (Wildman–Crippen MR) is 71.7 cm³/mol. The Balaban J connectivity index is 2.95. The number of nitrogens with zero attached hydrogens (tertiary/aromatic N) is 1. The standard InChI is InChI=1S/C9H8BrCl3N2/c1-2-8(10)14-15-9-6(12)3-5(11)4-7(9)13/h3-4,15H,2H2,1H3/b14-8+. The van der Waals surface area contributed by atoms with Gasteiger partial charge in [0.25, 0.3) is 0 Å². The van der Waals surface area contributed by atoms with Crippen LogP contribution in [-0.4, -0.2) is 4.62 Å². The Morgan fingerprint density at radius 3 is 2.33 bits per heavy atom. The van der Waals surface area contributed by atoms with Gasteiger partial charge in [0, 0.05) is 5.02 Å². The SMILES string of the molecule is CC/C(Br)=N\Nc1c(Cl)cc(Cl)cc1Cl. The molecule has 0 aliphatic carbocycles. The first kappa shape index (κ1) is 13.1. The summed E-state index contributed by atoms with van der Waals surface area (Å²) in [6.07, 6.45) is 0.788. The number of benzene rings is 1. The van der Waals surface area contributed by atoms with Crippen LogP contribution in [0.15, 0.2) is 17.2 Å². The number of hydrazone groups is 1. The third kappa shape index (κ3) is 3.83. The zero-order valence-corrected chi connectivity index (χ0v) is 11.7. The van der Waals surface area contributed by atoms with E-state index in [2.05, 4.69) is 26.5 Å². The Bertz CT molecular complexity index is 370. The van der Waals surface area contributed by atoms with E-state index in [9.17, 15) is 0 Å². The monoisotopic (exact) mass is 328 g/mol. The molecular weight excluding hydrogens is 322 g/mol. The molecule has 1 rings (SSSR count). The molecule has 15 heavy (non-hydrogen) atoms. The maximum Gasteiger partial charge on any atom is 0.103 e. The van der Waals surface area contributed by atoms with E-state index in [1.54, 1.807) is 12.1 Å². The topological polar surface area (TPSA) is 24.4 Å². The molecule has 82 valence electrons. The molecule has 0 spiro atoms. The summed E-state index contributed by atoms with van der Waals surface area (Å²) in [4.78, 5) is 0. The smallest absolute Gasteiger partial charge is 0.103 e. The number of nitrogens with one attached hydrogen (secondary N) is 1. The molecular formula is C9H8BrCl3N2. The molecule has 0 bridgehead atoms. The molecule has 0 atom stereocenters. The lowest BCUT2D eigenvalue weighted by molar-refractivity contribution is 1.26. The average molecular weight is 330 g/mol.